The first-order valence-electron chi connectivity index (χ1n) is 6.54. The minimum atomic E-state index is -3.94. The number of hydrogen-bond donors (Lipinski definition) is 1. The lowest BCUT2D eigenvalue weighted by molar-refractivity contribution is -0.127. The third-order valence-electron chi connectivity index (χ3n) is 3.15. The second kappa shape index (κ2) is 6.66. The molecule has 1 amide bonds. The fraction of sp³-hybridized carbons (Fsp3) is 0.429. The first-order valence-corrected chi connectivity index (χ1v) is 8.09. The Hall–Kier alpha value is -2.27. The summed E-state index contributed by atoms with van der Waals surface area (Å²) in [6.45, 7) is 1.31. The van der Waals surface area contributed by atoms with Crippen molar-refractivity contribution in [2.24, 2.45) is 0 Å². The standard InChI is InChI=1S/C14H20N4O3S/c1-10(14(19)18(4)5)22(20,21)16-13-8-12(17(2)3)7-6-11(13)9-15/h6-8,10,16H,1-5H3/t10-/m1/s1. The lowest BCUT2D eigenvalue weighted by Crippen LogP contribution is -2.39. The fourth-order valence-electron chi connectivity index (χ4n) is 1.73. The van der Waals surface area contributed by atoms with E-state index in [4.69, 9.17) is 5.26 Å². The van der Waals surface area contributed by atoms with Crippen LogP contribution in [0.3, 0.4) is 0 Å². The summed E-state index contributed by atoms with van der Waals surface area (Å²) >= 11 is 0. The minimum absolute atomic E-state index is 0.159. The van der Waals surface area contributed by atoms with E-state index < -0.39 is 21.2 Å². The van der Waals surface area contributed by atoms with Gasteiger partial charge in [-0.25, -0.2) is 8.42 Å². The van der Waals surface area contributed by atoms with Crippen LogP contribution in [0.2, 0.25) is 0 Å². The molecule has 0 aliphatic heterocycles. The van der Waals surface area contributed by atoms with Crippen molar-refractivity contribution in [1.29, 1.82) is 5.26 Å². The number of carbonyl (C=O) groups is 1. The highest BCUT2D eigenvalue weighted by Gasteiger charge is 2.29. The number of carbonyl (C=O) groups excluding carboxylic acids is 1. The van der Waals surface area contributed by atoms with Crippen molar-refractivity contribution in [2.45, 2.75) is 12.2 Å². The number of amides is 1. The summed E-state index contributed by atoms with van der Waals surface area (Å²) in [6.07, 6.45) is 0. The molecule has 1 rings (SSSR count). The van der Waals surface area contributed by atoms with Gasteiger partial charge in [0, 0.05) is 33.9 Å². The third-order valence-corrected chi connectivity index (χ3v) is 4.78. The van der Waals surface area contributed by atoms with Crippen molar-refractivity contribution in [1.82, 2.24) is 4.90 Å². The molecule has 0 radical (unpaired) electrons. The number of hydrogen-bond acceptors (Lipinski definition) is 5. The number of nitriles is 1. The van der Waals surface area contributed by atoms with Crippen molar-refractivity contribution in [3.05, 3.63) is 23.8 Å². The molecule has 7 nitrogen and oxygen atoms in total. The summed E-state index contributed by atoms with van der Waals surface area (Å²) in [5.74, 6) is -0.533. The second-order valence-electron chi connectivity index (χ2n) is 5.26. The summed E-state index contributed by atoms with van der Waals surface area (Å²) in [5, 5.41) is 7.85. The van der Waals surface area contributed by atoms with Gasteiger partial charge in [-0.2, -0.15) is 5.26 Å². The quantitative estimate of drug-likeness (QED) is 0.866. The normalized spacial score (nSPS) is 12.2. The molecule has 1 N–H and O–H groups in total. The van der Waals surface area contributed by atoms with Gasteiger partial charge >= 0.3 is 0 Å². The van der Waals surface area contributed by atoms with E-state index in [9.17, 15) is 13.2 Å². The van der Waals surface area contributed by atoms with Crippen LogP contribution in [0.15, 0.2) is 18.2 Å². The number of anilines is 2. The summed E-state index contributed by atoms with van der Waals surface area (Å²) in [6, 6.07) is 6.74. The molecule has 0 fully saturated rings. The molecule has 0 saturated heterocycles. The van der Waals surface area contributed by atoms with Gasteiger partial charge in [0.1, 0.15) is 6.07 Å². The van der Waals surface area contributed by atoms with Gasteiger partial charge in [-0.1, -0.05) is 0 Å². The summed E-state index contributed by atoms with van der Waals surface area (Å²) < 4.78 is 27.0. The summed E-state index contributed by atoms with van der Waals surface area (Å²) in [5.41, 5.74) is 1.09. The van der Waals surface area contributed by atoms with Crippen LogP contribution in [0.5, 0.6) is 0 Å². The van der Waals surface area contributed by atoms with Crippen LogP contribution in [0.4, 0.5) is 11.4 Å². The van der Waals surface area contributed by atoms with Crippen molar-refractivity contribution in [3.8, 4) is 6.07 Å². The van der Waals surface area contributed by atoms with Crippen LogP contribution in [-0.2, 0) is 14.8 Å². The molecule has 0 aliphatic rings. The van der Waals surface area contributed by atoms with Gasteiger partial charge in [0.15, 0.2) is 5.25 Å². The molecule has 0 spiro atoms. The molecule has 0 saturated carbocycles. The fourth-order valence-corrected chi connectivity index (χ4v) is 2.86. The van der Waals surface area contributed by atoms with E-state index in [-0.39, 0.29) is 11.3 Å². The van der Waals surface area contributed by atoms with Gasteiger partial charge in [0.05, 0.1) is 11.3 Å². The predicted octanol–water partition coefficient (Wildman–Crippen LogP) is 0.843. The zero-order valence-electron chi connectivity index (χ0n) is 13.3. The molecule has 1 aromatic carbocycles. The van der Waals surface area contributed by atoms with Gasteiger partial charge in [-0.3, -0.25) is 9.52 Å². The van der Waals surface area contributed by atoms with E-state index in [1.807, 2.05) is 6.07 Å². The highest BCUT2D eigenvalue weighted by Crippen LogP contribution is 2.24. The number of nitrogens with one attached hydrogen (secondary N) is 1. The third kappa shape index (κ3) is 3.89. The van der Waals surface area contributed by atoms with E-state index in [1.54, 1.807) is 31.1 Å². The van der Waals surface area contributed by atoms with Gasteiger partial charge in [0.2, 0.25) is 15.9 Å². The monoisotopic (exact) mass is 324 g/mol. The van der Waals surface area contributed by atoms with E-state index in [1.165, 1.54) is 32.0 Å². The molecule has 0 unspecified atom stereocenters. The van der Waals surface area contributed by atoms with Crippen molar-refractivity contribution in [2.75, 3.05) is 37.8 Å². The topological polar surface area (TPSA) is 93.5 Å². The predicted molar refractivity (Wildman–Crippen MR) is 86.2 cm³/mol. The Morgan fingerprint density at radius 1 is 1.27 bits per heavy atom. The number of benzene rings is 1. The van der Waals surface area contributed by atoms with Crippen molar-refractivity contribution in [3.63, 3.8) is 0 Å². The van der Waals surface area contributed by atoms with E-state index in [0.29, 0.717) is 0 Å². The van der Waals surface area contributed by atoms with Crippen molar-refractivity contribution >= 4 is 27.3 Å². The average Bonchev–Trinajstić information content (AvgIpc) is 2.44. The highest BCUT2D eigenvalue weighted by molar-refractivity contribution is 7.94. The van der Waals surface area contributed by atoms with Crippen LogP contribution in [0, 0.1) is 11.3 Å². The van der Waals surface area contributed by atoms with Crippen LogP contribution in [0.1, 0.15) is 12.5 Å². The Morgan fingerprint density at radius 2 is 1.86 bits per heavy atom. The maximum absolute atomic E-state index is 12.3. The minimum Gasteiger partial charge on any atom is -0.378 e. The molecule has 1 aromatic rings. The number of rotatable bonds is 5. The Bertz CT molecular complexity index is 705. The molecule has 0 heterocycles. The van der Waals surface area contributed by atoms with Crippen LogP contribution in [-0.4, -0.2) is 52.7 Å². The molecule has 120 valence electrons. The van der Waals surface area contributed by atoms with Crippen LogP contribution < -0.4 is 9.62 Å². The summed E-state index contributed by atoms with van der Waals surface area (Å²) in [4.78, 5) is 14.8. The first-order chi connectivity index (χ1) is 10.1. The molecule has 0 aromatic heterocycles. The molecule has 22 heavy (non-hydrogen) atoms. The molecular formula is C14H20N4O3S. The maximum atomic E-state index is 12.3. The second-order valence-corrected chi connectivity index (χ2v) is 7.26. The van der Waals surface area contributed by atoms with Gasteiger partial charge in [-0.05, 0) is 25.1 Å². The van der Waals surface area contributed by atoms with E-state index in [0.717, 1.165) is 5.69 Å². The maximum Gasteiger partial charge on any atom is 0.244 e. The Kier molecular flexibility index (Phi) is 5.38. The lowest BCUT2D eigenvalue weighted by Gasteiger charge is -2.20. The lowest BCUT2D eigenvalue weighted by atomic mass is 10.2. The number of sulfonamides is 1. The number of nitrogens with zero attached hydrogens (tertiary/aromatic N) is 3. The Morgan fingerprint density at radius 3 is 2.32 bits per heavy atom. The molecule has 8 heteroatoms. The molecular weight excluding hydrogens is 304 g/mol. The average molecular weight is 324 g/mol. The first kappa shape index (κ1) is 17.8. The summed E-state index contributed by atoms with van der Waals surface area (Å²) in [7, 11) is 2.64. The van der Waals surface area contributed by atoms with E-state index >= 15 is 0 Å². The van der Waals surface area contributed by atoms with Crippen LogP contribution >= 0.6 is 0 Å². The highest BCUT2D eigenvalue weighted by atomic mass is 32.2. The smallest absolute Gasteiger partial charge is 0.244 e. The Labute approximate surface area is 131 Å². The van der Waals surface area contributed by atoms with Gasteiger partial charge < -0.3 is 9.80 Å². The zero-order chi connectivity index (χ0) is 17.1. The zero-order valence-corrected chi connectivity index (χ0v) is 14.1. The van der Waals surface area contributed by atoms with E-state index in [2.05, 4.69) is 4.72 Å². The van der Waals surface area contributed by atoms with Crippen LogP contribution in [0.25, 0.3) is 0 Å². The van der Waals surface area contributed by atoms with Crippen molar-refractivity contribution < 1.29 is 13.2 Å². The van der Waals surface area contributed by atoms with Gasteiger partial charge in [-0.15, -0.1) is 0 Å². The van der Waals surface area contributed by atoms with Gasteiger partial charge in [0.25, 0.3) is 0 Å². The molecule has 0 aliphatic carbocycles. The molecule has 0 bridgehead atoms. The largest absolute Gasteiger partial charge is 0.378 e. The SMILES string of the molecule is C[C@H](C(=O)N(C)C)S(=O)(=O)Nc1cc(N(C)C)ccc1C#N. The Balaban J connectivity index is 3.20. The molecule has 1 atom stereocenters.